The predicted molar refractivity (Wildman–Crippen MR) is 90.6 cm³/mol. The van der Waals surface area contributed by atoms with Gasteiger partial charge in [-0.2, -0.15) is 11.8 Å². The van der Waals surface area contributed by atoms with Gasteiger partial charge in [0.15, 0.2) is 5.96 Å². The average molecular weight is 329 g/mol. The van der Waals surface area contributed by atoms with E-state index in [1.54, 1.807) is 11.8 Å². The molecule has 0 spiro atoms. The number of rotatable bonds is 7. The highest BCUT2D eigenvalue weighted by atomic mass is 32.2. The first-order valence-electron chi connectivity index (χ1n) is 7.62. The van der Waals surface area contributed by atoms with Gasteiger partial charge in [-0.3, -0.25) is 19.9 Å². The van der Waals surface area contributed by atoms with Gasteiger partial charge in [-0.15, -0.1) is 0 Å². The summed E-state index contributed by atoms with van der Waals surface area (Å²) >= 11 is 1.72. The summed E-state index contributed by atoms with van der Waals surface area (Å²) in [6, 6.07) is -0.242. The monoisotopic (exact) mass is 329 g/mol. The van der Waals surface area contributed by atoms with E-state index in [1.807, 2.05) is 6.26 Å². The topological polar surface area (TPSA) is 123 Å². The van der Waals surface area contributed by atoms with E-state index in [0.29, 0.717) is 32.5 Å². The molecular weight excluding hydrogens is 302 g/mol. The second-order valence-corrected chi connectivity index (χ2v) is 6.39. The maximum absolute atomic E-state index is 12.3. The van der Waals surface area contributed by atoms with Crippen molar-refractivity contribution in [2.24, 2.45) is 22.4 Å². The summed E-state index contributed by atoms with van der Waals surface area (Å²) in [6.07, 6.45) is 5.29. The highest BCUT2D eigenvalue weighted by molar-refractivity contribution is 7.98. The first-order chi connectivity index (χ1) is 10.5. The zero-order chi connectivity index (χ0) is 16.4. The zero-order valence-corrected chi connectivity index (χ0v) is 14.0. The van der Waals surface area contributed by atoms with Gasteiger partial charge in [0, 0.05) is 18.9 Å². The number of guanidine groups is 1. The van der Waals surface area contributed by atoms with Crippen molar-refractivity contribution in [1.29, 1.82) is 0 Å². The molecule has 0 aromatic carbocycles. The second-order valence-electron chi connectivity index (χ2n) is 5.41. The van der Waals surface area contributed by atoms with Crippen molar-refractivity contribution >= 4 is 29.4 Å². The molecule has 6 N–H and O–H groups in total. The molecule has 8 heteroatoms. The van der Waals surface area contributed by atoms with Crippen molar-refractivity contribution < 1.29 is 9.59 Å². The molecule has 1 aliphatic rings. The number of thioether (sulfide) groups is 1. The highest BCUT2D eigenvalue weighted by Gasteiger charge is 2.25. The minimum Gasteiger partial charge on any atom is -0.370 e. The third kappa shape index (κ3) is 7.13. The molecule has 1 fully saturated rings. The van der Waals surface area contributed by atoms with Crippen LogP contribution in [0, 0.1) is 5.92 Å². The van der Waals surface area contributed by atoms with Crippen LogP contribution in [-0.4, -0.2) is 48.9 Å². The maximum atomic E-state index is 12.3. The van der Waals surface area contributed by atoms with Crippen molar-refractivity contribution in [1.82, 2.24) is 10.6 Å². The lowest BCUT2D eigenvalue weighted by Gasteiger charge is -2.16. The number of carbonyl (C=O) groups excluding carboxylic acids is 2. The van der Waals surface area contributed by atoms with Crippen molar-refractivity contribution in [3.8, 4) is 0 Å². The van der Waals surface area contributed by atoms with E-state index < -0.39 is 0 Å². The summed E-state index contributed by atoms with van der Waals surface area (Å²) in [7, 11) is 0. The van der Waals surface area contributed by atoms with Gasteiger partial charge in [0.1, 0.15) is 5.78 Å². The molecule has 7 nitrogen and oxygen atoms in total. The summed E-state index contributed by atoms with van der Waals surface area (Å²) in [5, 5.41) is 5.97. The third-order valence-corrected chi connectivity index (χ3v) is 4.37. The molecule has 1 heterocycles. The number of hydrogen-bond donors (Lipinski definition) is 4. The summed E-state index contributed by atoms with van der Waals surface area (Å²) in [5.74, 6) is 1.13. The molecule has 1 saturated heterocycles. The Morgan fingerprint density at radius 3 is 2.82 bits per heavy atom. The van der Waals surface area contributed by atoms with Crippen LogP contribution in [0.1, 0.15) is 32.1 Å². The van der Waals surface area contributed by atoms with Crippen LogP contribution >= 0.6 is 11.8 Å². The molecule has 0 bridgehead atoms. The van der Waals surface area contributed by atoms with Gasteiger partial charge < -0.3 is 16.8 Å². The highest BCUT2D eigenvalue weighted by Crippen LogP contribution is 2.17. The Balaban J connectivity index is 2.49. The molecule has 0 aromatic heterocycles. The fraction of sp³-hybridized carbons (Fsp3) is 0.786. The maximum Gasteiger partial charge on any atom is 0.224 e. The second kappa shape index (κ2) is 10.4. The summed E-state index contributed by atoms with van der Waals surface area (Å²) in [5.41, 5.74) is 10.5. The number of nitrogens with one attached hydrogen (secondary N) is 2. The van der Waals surface area contributed by atoms with Gasteiger partial charge in [0.25, 0.3) is 0 Å². The molecule has 22 heavy (non-hydrogen) atoms. The lowest BCUT2D eigenvalue weighted by atomic mass is 9.95. The van der Waals surface area contributed by atoms with Crippen LogP contribution in [0.15, 0.2) is 4.99 Å². The van der Waals surface area contributed by atoms with E-state index in [2.05, 4.69) is 15.6 Å². The summed E-state index contributed by atoms with van der Waals surface area (Å²) < 4.78 is 0. The molecule has 0 radical (unpaired) electrons. The van der Waals surface area contributed by atoms with Crippen molar-refractivity contribution in [3.05, 3.63) is 0 Å². The normalized spacial score (nSPS) is 23.1. The molecule has 0 aliphatic carbocycles. The minimum atomic E-state index is -0.242. The average Bonchev–Trinajstić information content (AvgIpc) is 2.54. The molecule has 0 aromatic rings. The Hall–Kier alpha value is -1.28. The Morgan fingerprint density at radius 1 is 1.36 bits per heavy atom. The van der Waals surface area contributed by atoms with Crippen LogP contribution in [0.4, 0.5) is 0 Å². The van der Waals surface area contributed by atoms with E-state index in [-0.39, 0.29) is 29.6 Å². The lowest BCUT2D eigenvalue weighted by Crippen LogP contribution is -2.43. The van der Waals surface area contributed by atoms with Crippen molar-refractivity contribution in [2.45, 2.75) is 38.1 Å². The first-order valence-corrected chi connectivity index (χ1v) is 9.02. The molecule has 2 unspecified atom stereocenters. The van der Waals surface area contributed by atoms with Crippen molar-refractivity contribution in [3.63, 3.8) is 0 Å². The number of amides is 1. The number of hydrogen-bond acceptors (Lipinski definition) is 5. The fourth-order valence-electron chi connectivity index (χ4n) is 2.44. The standard InChI is InChI=1S/C14H27N5O2S/c1-22-8-6-10-4-5-12(20)11(18-9-19-13(10)21)3-2-7-17-14(15)16/h10-11,18H,2-9H2,1H3,(H,19,21)(H4,15,16,17). The third-order valence-electron chi connectivity index (χ3n) is 3.73. The molecule has 2 atom stereocenters. The van der Waals surface area contributed by atoms with Crippen LogP contribution in [0.25, 0.3) is 0 Å². The Kier molecular flexibility index (Phi) is 8.91. The van der Waals surface area contributed by atoms with Crippen molar-refractivity contribution in [2.75, 3.05) is 25.2 Å². The fourth-order valence-corrected chi connectivity index (χ4v) is 2.96. The van der Waals surface area contributed by atoms with Crippen LogP contribution in [0.3, 0.4) is 0 Å². The van der Waals surface area contributed by atoms with Gasteiger partial charge in [0.2, 0.25) is 5.91 Å². The molecule has 0 saturated carbocycles. The SMILES string of the molecule is CSCCC1CCC(=O)C(CCCN=C(N)N)NCNC1=O. The Morgan fingerprint density at radius 2 is 2.14 bits per heavy atom. The molecule has 1 rings (SSSR count). The number of ketones is 1. The van der Waals surface area contributed by atoms with Gasteiger partial charge in [0.05, 0.1) is 12.7 Å². The van der Waals surface area contributed by atoms with Crippen LogP contribution < -0.4 is 22.1 Å². The van der Waals surface area contributed by atoms with Crippen LogP contribution in [-0.2, 0) is 9.59 Å². The van der Waals surface area contributed by atoms with Gasteiger partial charge >= 0.3 is 0 Å². The zero-order valence-electron chi connectivity index (χ0n) is 13.1. The molecule has 1 aliphatic heterocycles. The number of carbonyl (C=O) groups is 2. The van der Waals surface area contributed by atoms with E-state index in [0.717, 1.165) is 18.6 Å². The lowest BCUT2D eigenvalue weighted by molar-refractivity contribution is -0.125. The molecule has 1 amide bonds. The summed E-state index contributed by atoms with van der Waals surface area (Å²) in [4.78, 5) is 28.3. The van der Waals surface area contributed by atoms with E-state index in [1.165, 1.54) is 0 Å². The molecular formula is C14H27N5O2S. The Labute approximate surface area is 136 Å². The number of aliphatic imine (C=N–C) groups is 1. The quantitative estimate of drug-likeness (QED) is 0.291. The largest absolute Gasteiger partial charge is 0.370 e. The van der Waals surface area contributed by atoms with E-state index in [4.69, 9.17) is 11.5 Å². The smallest absolute Gasteiger partial charge is 0.224 e. The van der Waals surface area contributed by atoms with Gasteiger partial charge in [-0.25, -0.2) is 0 Å². The van der Waals surface area contributed by atoms with Gasteiger partial charge in [-0.05, 0) is 37.7 Å². The van der Waals surface area contributed by atoms with Gasteiger partial charge in [-0.1, -0.05) is 0 Å². The molecule has 126 valence electrons. The first kappa shape index (κ1) is 18.8. The summed E-state index contributed by atoms with van der Waals surface area (Å²) in [6.45, 7) is 0.837. The number of nitrogens with zero attached hydrogens (tertiary/aromatic N) is 1. The predicted octanol–water partition coefficient (Wildman–Crippen LogP) is -0.196. The van der Waals surface area contributed by atoms with Crippen LogP contribution in [0.5, 0.6) is 0 Å². The van der Waals surface area contributed by atoms with E-state index >= 15 is 0 Å². The number of nitrogens with two attached hydrogens (primary N) is 2. The Bertz CT molecular complexity index is 399. The minimum absolute atomic E-state index is 0.0375. The number of Topliss-reactive ketones (excluding diaryl/α,β-unsaturated/α-hetero) is 1. The van der Waals surface area contributed by atoms with E-state index in [9.17, 15) is 9.59 Å². The van der Waals surface area contributed by atoms with Crippen LogP contribution in [0.2, 0.25) is 0 Å².